The highest BCUT2D eigenvalue weighted by molar-refractivity contribution is 5.90. The van der Waals surface area contributed by atoms with Gasteiger partial charge in [0.25, 0.3) is 0 Å². The van der Waals surface area contributed by atoms with Crippen LogP contribution in [-0.2, 0) is 11.2 Å². The van der Waals surface area contributed by atoms with Gasteiger partial charge in [0.2, 0.25) is 0 Å². The summed E-state index contributed by atoms with van der Waals surface area (Å²) in [6, 6.07) is 6.58. The predicted octanol–water partition coefficient (Wildman–Crippen LogP) is 4.35. The molecule has 3 nitrogen and oxygen atoms in total. The van der Waals surface area contributed by atoms with Crippen molar-refractivity contribution in [1.29, 1.82) is 0 Å². The number of carbonyl (C=O) groups is 1. The van der Waals surface area contributed by atoms with Crippen LogP contribution in [0, 0.1) is 11.8 Å². The van der Waals surface area contributed by atoms with Crippen molar-refractivity contribution in [2.45, 2.75) is 52.6 Å². The van der Waals surface area contributed by atoms with E-state index in [1.54, 1.807) is 4.90 Å². The van der Waals surface area contributed by atoms with Gasteiger partial charge in [-0.2, -0.15) is 0 Å². The van der Waals surface area contributed by atoms with Crippen molar-refractivity contribution in [2.24, 2.45) is 11.8 Å². The lowest BCUT2D eigenvalue weighted by atomic mass is 10.0. The van der Waals surface area contributed by atoms with Crippen molar-refractivity contribution in [1.82, 2.24) is 0 Å². The molecular weight excluding hydrogens is 262 g/mol. The van der Waals surface area contributed by atoms with Gasteiger partial charge in [0, 0.05) is 6.54 Å². The normalized spacial score (nSPS) is 27.5. The van der Waals surface area contributed by atoms with Crippen molar-refractivity contribution in [3.63, 3.8) is 0 Å². The number of fused-ring (bicyclic) bond motifs is 1. The summed E-state index contributed by atoms with van der Waals surface area (Å²) < 4.78 is 5.49. The van der Waals surface area contributed by atoms with Crippen LogP contribution in [0.15, 0.2) is 18.2 Å². The molecule has 21 heavy (non-hydrogen) atoms. The fourth-order valence-corrected chi connectivity index (χ4v) is 3.41. The van der Waals surface area contributed by atoms with Crippen LogP contribution in [0.25, 0.3) is 0 Å². The van der Waals surface area contributed by atoms with Crippen LogP contribution in [0.3, 0.4) is 0 Å². The summed E-state index contributed by atoms with van der Waals surface area (Å²) in [5.74, 6) is 2.27. The second-order valence-electron chi connectivity index (χ2n) is 7.51. The van der Waals surface area contributed by atoms with E-state index in [4.69, 9.17) is 4.74 Å². The van der Waals surface area contributed by atoms with Gasteiger partial charge in [-0.25, -0.2) is 4.79 Å². The molecule has 0 aromatic heterocycles. The number of amides is 1. The lowest BCUT2D eigenvalue weighted by Crippen LogP contribution is -2.35. The highest BCUT2D eigenvalue weighted by atomic mass is 16.6. The molecule has 0 N–H and O–H groups in total. The Hall–Kier alpha value is -1.51. The summed E-state index contributed by atoms with van der Waals surface area (Å²) in [6.07, 6.45) is 0.694. The second-order valence-corrected chi connectivity index (χ2v) is 7.51. The molecule has 1 aliphatic heterocycles. The maximum atomic E-state index is 12.3. The van der Waals surface area contributed by atoms with E-state index < -0.39 is 5.60 Å². The monoisotopic (exact) mass is 287 g/mol. The Morgan fingerprint density at radius 3 is 2.48 bits per heavy atom. The third kappa shape index (κ3) is 2.66. The first kappa shape index (κ1) is 14.4. The third-order valence-electron chi connectivity index (χ3n) is 4.82. The molecule has 1 aromatic carbocycles. The van der Waals surface area contributed by atoms with E-state index in [9.17, 15) is 4.79 Å². The van der Waals surface area contributed by atoms with Gasteiger partial charge >= 0.3 is 6.09 Å². The van der Waals surface area contributed by atoms with E-state index in [-0.39, 0.29) is 6.09 Å². The molecule has 1 fully saturated rings. The summed E-state index contributed by atoms with van der Waals surface area (Å²) in [7, 11) is 0. The van der Waals surface area contributed by atoms with Crippen LogP contribution < -0.4 is 4.90 Å². The van der Waals surface area contributed by atoms with Crippen LogP contribution in [0.4, 0.5) is 10.5 Å². The molecule has 2 aliphatic rings. The average molecular weight is 287 g/mol. The SMILES string of the molecule is CC1C(C)C1c1ccc2c(c1)CCN2C(=O)OC(C)(C)C. The molecule has 114 valence electrons. The van der Waals surface area contributed by atoms with Gasteiger partial charge in [0.05, 0.1) is 5.69 Å². The van der Waals surface area contributed by atoms with Gasteiger partial charge in [0.15, 0.2) is 0 Å². The zero-order chi connectivity index (χ0) is 15.4. The largest absolute Gasteiger partial charge is 0.443 e. The highest BCUT2D eigenvalue weighted by Crippen LogP contribution is 2.53. The molecule has 3 heteroatoms. The number of benzene rings is 1. The Balaban J connectivity index is 1.79. The van der Waals surface area contributed by atoms with Crippen LogP contribution in [0.2, 0.25) is 0 Å². The summed E-state index contributed by atoms with van der Waals surface area (Å²) in [6.45, 7) is 11.1. The fourth-order valence-electron chi connectivity index (χ4n) is 3.41. The average Bonchev–Trinajstić information content (AvgIpc) is 2.83. The van der Waals surface area contributed by atoms with Gasteiger partial charge in [0.1, 0.15) is 5.60 Å². The lowest BCUT2D eigenvalue weighted by Gasteiger charge is -2.24. The number of rotatable bonds is 1. The van der Waals surface area contributed by atoms with Crippen molar-refractivity contribution in [2.75, 3.05) is 11.4 Å². The molecule has 0 radical (unpaired) electrons. The summed E-state index contributed by atoms with van der Waals surface area (Å²) in [5, 5.41) is 0. The van der Waals surface area contributed by atoms with Crippen LogP contribution in [-0.4, -0.2) is 18.2 Å². The van der Waals surface area contributed by atoms with Crippen LogP contribution in [0.1, 0.15) is 51.7 Å². The van der Waals surface area contributed by atoms with E-state index in [1.165, 1.54) is 11.1 Å². The Bertz CT molecular complexity index is 565. The highest BCUT2D eigenvalue weighted by Gasteiger charge is 2.44. The van der Waals surface area contributed by atoms with Gasteiger partial charge < -0.3 is 4.74 Å². The van der Waals surface area contributed by atoms with Gasteiger partial charge in [-0.05, 0) is 62.1 Å². The molecule has 0 spiro atoms. The molecular formula is C18H25NO2. The lowest BCUT2D eigenvalue weighted by molar-refractivity contribution is 0.0584. The molecule has 1 saturated carbocycles. The van der Waals surface area contributed by atoms with Crippen molar-refractivity contribution in [3.05, 3.63) is 29.3 Å². The van der Waals surface area contributed by atoms with E-state index in [2.05, 4.69) is 32.0 Å². The molecule has 1 aromatic rings. The maximum absolute atomic E-state index is 12.3. The molecule has 2 unspecified atom stereocenters. The van der Waals surface area contributed by atoms with Crippen molar-refractivity contribution < 1.29 is 9.53 Å². The molecule has 1 aliphatic carbocycles. The molecule has 0 bridgehead atoms. The van der Waals surface area contributed by atoms with Crippen molar-refractivity contribution >= 4 is 11.8 Å². The molecule has 2 atom stereocenters. The first-order valence-electron chi connectivity index (χ1n) is 7.91. The Labute approximate surface area is 127 Å². The molecule has 1 heterocycles. The number of ether oxygens (including phenoxy) is 1. The predicted molar refractivity (Wildman–Crippen MR) is 84.8 cm³/mol. The van der Waals surface area contributed by atoms with Gasteiger partial charge in [-0.1, -0.05) is 26.0 Å². The first-order valence-corrected chi connectivity index (χ1v) is 7.91. The van der Waals surface area contributed by atoms with Crippen LogP contribution in [0.5, 0.6) is 0 Å². The fraction of sp³-hybridized carbons (Fsp3) is 0.611. The standard InChI is InChI=1S/C18H25NO2/c1-11-12(2)16(11)14-6-7-15-13(10-14)8-9-19(15)17(20)21-18(3,4)5/h6-7,10-12,16H,8-9H2,1-5H3. The summed E-state index contributed by atoms with van der Waals surface area (Å²) in [5.41, 5.74) is 3.29. The number of anilines is 1. The van der Waals surface area contributed by atoms with E-state index in [0.717, 1.165) is 30.5 Å². The Morgan fingerprint density at radius 2 is 1.90 bits per heavy atom. The van der Waals surface area contributed by atoms with E-state index in [0.29, 0.717) is 5.92 Å². The first-order chi connectivity index (χ1) is 9.78. The zero-order valence-electron chi connectivity index (χ0n) is 13.6. The minimum Gasteiger partial charge on any atom is -0.443 e. The number of hydrogen-bond donors (Lipinski definition) is 0. The quantitative estimate of drug-likeness (QED) is 0.768. The summed E-state index contributed by atoms with van der Waals surface area (Å²) >= 11 is 0. The minimum absolute atomic E-state index is 0.234. The van der Waals surface area contributed by atoms with Gasteiger partial charge in [-0.15, -0.1) is 0 Å². The topological polar surface area (TPSA) is 29.5 Å². The maximum Gasteiger partial charge on any atom is 0.414 e. The number of hydrogen-bond acceptors (Lipinski definition) is 2. The Kier molecular flexibility index (Phi) is 3.27. The van der Waals surface area contributed by atoms with Crippen molar-refractivity contribution in [3.8, 4) is 0 Å². The van der Waals surface area contributed by atoms with Gasteiger partial charge in [-0.3, -0.25) is 4.90 Å². The smallest absolute Gasteiger partial charge is 0.414 e. The Morgan fingerprint density at radius 1 is 1.24 bits per heavy atom. The second kappa shape index (κ2) is 4.75. The molecule has 1 amide bonds. The van der Waals surface area contributed by atoms with E-state index >= 15 is 0 Å². The summed E-state index contributed by atoms with van der Waals surface area (Å²) in [4.78, 5) is 14.0. The number of carbonyl (C=O) groups excluding carboxylic acids is 1. The van der Waals surface area contributed by atoms with Crippen LogP contribution >= 0.6 is 0 Å². The zero-order valence-corrected chi connectivity index (χ0v) is 13.6. The third-order valence-corrected chi connectivity index (χ3v) is 4.82. The molecule has 0 saturated heterocycles. The van der Waals surface area contributed by atoms with E-state index in [1.807, 2.05) is 20.8 Å². The minimum atomic E-state index is -0.446. The number of nitrogens with zero attached hydrogens (tertiary/aromatic N) is 1. The molecule has 3 rings (SSSR count).